The smallest absolute Gasteiger partial charge is 0.345 e. The van der Waals surface area contributed by atoms with E-state index in [1.165, 1.54) is 11.3 Å². The minimum Gasteiger partial charge on any atom is -0.477 e. The second kappa shape index (κ2) is 3.28. The number of carboxylic acid groups (broad SMARTS) is 1. The Balaban J connectivity index is 2.46. The summed E-state index contributed by atoms with van der Waals surface area (Å²) in [5.41, 5.74) is 0.893. The molecule has 3 rings (SSSR count). The third-order valence-electron chi connectivity index (χ3n) is 2.49. The van der Waals surface area contributed by atoms with Crippen LogP contribution in [-0.2, 0) is 0 Å². The Hall–Kier alpha value is -1.94. The lowest BCUT2D eigenvalue weighted by Gasteiger charge is -1.96. The summed E-state index contributed by atoms with van der Waals surface area (Å²) in [5, 5.41) is 10.9. The number of rotatable bonds is 1. The molecule has 78 valence electrons. The van der Waals surface area contributed by atoms with Crippen molar-refractivity contribution in [2.45, 2.75) is 0 Å². The van der Waals surface area contributed by atoms with Crippen LogP contribution >= 0.6 is 11.3 Å². The molecule has 0 atom stereocenters. The van der Waals surface area contributed by atoms with Crippen LogP contribution in [0.1, 0.15) is 9.67 Å². The van der Waals surface area contributed by atoms with Gasteiger partial charge in [0.15, 0.2) is 0 Å². The number of carbonyl (C=O) groups is 1. The van der Waals surface area contributed by atoms with Crippen molar-refractivity contribution in [1.82, 2.24) is 4.98 Å². The zero-order valence-corrected chi connectivity index (χ0v) is 8.99. The number of thiophene rings is 1. The molecule has 2 heterocycles. The highest BCUT2D eigenvalue weighted by molar-refractivity contribution is 7.20. The van der Waals surface area contributed by atoms with E-state index in [-0.39, 0.29) is 0 Å². The van der Waals surface area contributed by atoms with Gasteiger partial charge in [-0.05, 0) is 24.3 Å². The lowest BCUT2D eigenvalue weighted by molar-refractivity contribution is 0.0702. The summed E-state index contributed by atoms with van der Waals surface area (Å²) < 4.78 is 0.984. The Morgan fingerprint density at radius 2 is 2.12 bits per heavy atom. The number of hydrogen-bond donors (Lipinski definition) is 1. The number of carboxylic acids is 1. The number of aromatic nitrogens is 1. The van der Waals surface area contributed by atoms with Crippen LogP contribution in [-0.4, -0.2) is 16.1 Å². The van der Waals surface area contributed by atoms with E-state index in [0.717, 1.165) is 21.0 Å². The number of fused-ring (bicyclic) bond motifs is 3. The van der Waals surface area contributed by atoms with Gasteiger partial charge in [0.05, 0.1) is 5.52 Å². The van der Waals surface area contributed by atoms with Crippen molar-refractivity contribution in [3.63, 3.8) is 0 Å². The molecule has 1 aromatic carbocycles. The third kappa shape index (κ3) is 1.27. The fraction of sp³-hybridized carbons (Fsp3) is 0. The van der Waals surface area contributed by atoms with Crippen LogP contribution in [0.5, 0.6) is 0 Å². The normalized spacial score (nSPS) is 11.0. The molecule has 2 aromatic heterocycles. The van der Waals surface area contributed by atoms with E-state index < -0.39 is 5.97 Å². The van der Waals surface area contributed by atoms with Gasteiger partial charge in [-0.15, -0.1) is 11.3 Å². The molecule has 1 N–H and O–H groups in total. The first kappa shape index (κ1) is 9.30. The van der Waals surface area contributed by atoms with Gasteiger partial charge in [-0.3, -0.25) is 4.98 Å². The molecular formula is C12H7NO2S. The molecule has 3 aromatic rings. The van der Waals surface area contributed by atoms with Gasteiger partial charge in [-0.25, -0.2) is 4.79 Å². The summed E-state index contributed by atoms with van der Waals surface area (Å²) in [6.45, 7) is 0. The summed E-state index contributed by atoms with van der Waals surface area (Å²) >= 11 is 1.29. The number of nitrogens with zero attached hydrogens (tertiary/aromatic N) is 1. The van der Waals surface area contributed by atoms with E-state index in [2.05, 4.69) is 4.98 Å². The van der Waals surface area contributed by atoms with E-state index >= 15 is 0 Å². The molecule has 4 heteroatoms. The van der Waals surface area contributed by atoms with Gasteiger partial charge in [0.2, 0.25) is 0 Å². The largest absolute Gasteiger partial charge is 0.477 e. The fourth-order valence-corrected chi connectivity index (χ4v) is 2.69. The molecule has 0 saturated heterocycles. The van der Waals surface area contributed by atoms with Crippen LogP contribution < -0.4 is 0 Å². The van der Waals surface area contributed by atoms with Crippen LogP contribution in [0.15, 0.2) is 36.5 Å². The van der Waals surface area contributed by atoms with Gasteiger partial charge in [0.1, 0.15) is 4.88 Å². The van der Waals surface area contributed by atoms with Gasteiger partial charge >= 0.3 is 5.97 Å². The van der Waals surface area contributed by atoms with Crippen molar-refractivity contribution in [2.24, 2.45) is 0 Å². The highest BCUT2D eigenvalue weighted by Crippen LogP contribution is 2.31. The van der Waals surface area contributed by atoms with Crippen LogP contribution in [0.2, 0.25) is 0 Å². The molecule has 0 aliphatic carbocycles. The molecule has 0 spiro atoms. The molecule has 0 fully saturated rings. The summed E-state index contributed by atoms with van der Waals surface area (Å²) in [5.74, 6) is -0.877. The predicted molar refractivity (Wildman–Crippen MR) is 64.1 cm³/mol. The van der Waals surface area contributed by atoms with Crippen molar-refractivity contribution in [3.8, 4) is 0 Å². The first-order valence-corrected chi connectivity index (χ1v) is 5.58. The van der Waals surface area contributed by atoms with Crippen molar-refractivity contribution in [1.29, 1.82) is 0 Å². The van der Waals surface area contributed by atoms with Crippen LogP contribution in [0, 0.1) is 0 Å². The zero-order valence-electron chi connectivity index (χ0n) is 8.18. The van der Waals surface area contributed by atoms with Gasteiger partial charge < -0.3 is 5.11 Å². The second-order valence-electron chi connectivity index (χ2n) is 3.46. The lowest BCUT2D eigenvalue weighted by Crippen LogP contribution is -1.89. The maximum absolute atomic E-state index is 10.9. The average Bonchev–Trinajstić information content (AvgIpc) is 2.73. The minimum atomic E-state index is -0.877. The first-order chi connectivity index (χ1) is 7.75. The highest BCUT2D eigenvalue weighted by Gasteiger charge is 2.10. The first-order valence-electron chi connectivity index (χ1n) is 4.76. The maximum Gasteiger partial charge on any atom is 0.345 e. The monoisotopic (exact) mass is 229 g/mol. The lowest BCUT2D eigenvalue weighted by atomic mass is 10.1. The average molecular weight is 229 g/mol. The zero-order chi connectivity index (χ0) is 11.1. The Morgan fingerprint density at radius 3 is 2.94 bits per heavy atom. The molecular weight excluding hydrogens is 222 g/mol. The molecule has 0 radical (unpaired) electrons. The molecule has 0 bridgehead atoms. The van der Waals surface area contributed by atoms with Crippen molar-refractivity contribution in [2.75, 3.05) is 0 Å². The summed E-state index contributed by atoms with van der Waals surface area (Å²) in [7, 11) is 0. The standard InChI is InChI=1S/C12H7NO2S/c14-12(15)11-6-8-7-2-1-5-13-9(7)3-4-10(8)16-11/h1-6H,(H,14,15). The number of pyridine rings is 1. The molecule has 0 aliphatic heterocycles. The Labute approximate surface area is 95.0 Å². The predicted octanol–water partition coefficient (Wildman–Crippen LogP) is 3.15. The highest BCUT2D eigenvalue weighted by atomic mass is 32.1. The quantitative estimate of drug-likeness (QED) is 0.697. The van der Waals surface area contributed by atoms with Gasteiger partial charge in [-0.1, -0.05) is 6.07 Å². The van der Waals surface area contributed by atoms with Crippen molar-refractivity contribution < 1.29 is 9.90 Å². The molecule has 16 heavy (non-hydrogen) atoms. The van der Waals surface area contributed by atoms with Gasteiger partial charge in [-0.2, -0.15) is 0 Å². The minimum absolute atomic E-state index is 0.367. The Morgan fingerprint density at radius 1 is 1.25 bits per heavy atom. The van der Waals surface area contributed by atoms with Crippen LogP contribution in [0.3, 0.4) is 0 Å². The number of aromatic carboxylic acids is 1. The van der Waals surface area contributed by atoms with Crippen LogP contribution in [0.25, 0.3) is 21.0 Å². The van der Waals surface area contributed by atoms with Gasteiger partial charge in [0.25, 0.3) is 0 Å². The molecule has 0 saturated carbocycles. The van der Waals surface area contributed by atoms with Gasteiger partial charge in [0, 0.05) is 21.7 Å². The molecule has 3 nitrogen and oxygen atoms in total. The van der Waals surface area contributed by atoms with E-state index in [0.29, 0.717) is 4.88 Å². The second-order valence-corrected chi connectivity index (χ2v) is 4.55. The maximum atomic E-state index is 10.9. The van der Waals surface area contributed by atoms with Crippen molar-refractivity contribution in [3.05, 3.63) is 41.4 Å². The Bertz CT molecular complexity index is 702. The summed E-state index contributed by atoms with van der Waals surface area (Å²) in [6, 6.07) is 9.37. The topological polar surface area (TPSA) is 50.2 Å². The Kier molecular flexibility index (Phi) is 1.91. The van der Waals surface area contributed by atoms with E-state index in [4.69, 9.17) is 5.11 Å². The number of hydrogen-bond acceptors (Lipinski definition) is 3. The van der Waals surface area contributed by atoms with Crippen LogP contribution in [0.4, 0.5) is 0 Å². The molecule has 0 amide bonds. The molecule has 0 unspecified atom stereocenters. The number of benzene rings is 1. The van der Waals surface area contributed by atoms with Crippen molar-refractivity contribution >= 4 is 38.3 Å². The third-order valence-corrected chi connectivity index (χ3v) is 3.58. The SMILES string of the molecule is O=C(O)c1cc2c(ccc3ncccc32)s1. The van der Waals surface area contributed by atoms with E-state index in [9.17, 15) is 4.79 Å². The molecule has 0 aliphatic rings. The summed E-state index contributed by atoms with van der Waals surface area (Å²) in [4.78, 5) is 15.5. The summed E-state index contributed by atoms with van der Waals surface area (Å²) in [6.07, 6.45) is 1.73. The fourth-order valence-electron chi connectivity index (χ4n) is 1.78. The van der Waals surface area contributed by atoms with E-state index in [1.807, 2.05) is 24.3 Å². The van der Waals surface area contributed by atoms with E-state index in [1.54, 1.807) is 12.3 Å².